The third-order valence-corrected chi connectivity index (χ3v) is 3.97. The van der Waals surface area contributed by atoms with Gasteiger partial charge in [-0.2, -0.15) is 0 Å². The van der Waals surface area contributed by atoms with E-state index in [9.17, 15) is 4.79 Å². The molecule has 2 atom stereocenters. The van der Waals surface area contributed by atoms with Crippen molar-refractivity contribution < 1.29 is 9.53 Å². The Morgan fingerprint density at radius 2 is 2.21 bits per heavy atom. The quantitative estimate of drug-likeness (QED) is 0.892. The van der Waals surface area contributed by atoms with Crippen molar-refractivity contribution >= 4 is 18.5 Å². The van der Waals surface area contributed by atoms with E-state index in [4.69, 9.17) is 4.74 Å². The second-order valence-corrected chi connectivity index (χ2v) is 5.25. The number of carbonyl (C=O) groups excluding carboxylic acids is 1. The van der Waals surface area contributed by atoms with Crippen molar-refractivity contribution in [2.24, 2.45) is 5.41 Å². The van der Waals surface area contributed by atoms with Crippen LogP contribution >= 0.6 is 12.4 Å². The lowest BCUT2D eigenvalue weighted by atomic mass is 10.1. The molecular formula is C14H19ClN2O2. The molecule has 1 amide bonds. The fraction of sp³-hybridized carbons (Fsp3) is 0.500. The van der Waals surface area contributed by atoms with Gasteiger partial charge >= 0.3 is 6.09 Å². The van der Waals surface area contributed by atoms with E-state index in [1.165, 1.54) is 0 Å². The highest BCUT2D eigenvalue weighted by Crippen LogP contribution is 2.50. The normalized spacial score (nSPS) is 27.7. The number of halogens is 1. The van der Waals surface area contributed by atoms with Gasteiger partial charge in [-0.15, -0.1) is 12.4 Å². The summed E-state index contributed by atoms with van der Waals surface area (Å²) < 4.78 is 5.21. The van der Waals surface area contributed by atoms with Crippen molar-refractivity contribution in [1.29, 1.82) is 0 Å². The third-order valence-electron chi connectivity index (χ3n) is 3.97. The molecule has 104 valence electrons. The SMILES string of the molecule is Cl.O=C(NC1CC12CCNC2)OCc1ccccc1. The second kappa shape index (κ2) is 5.80. The zero-order valence-electron chi connectivity index (χ0n) is 10.7. The Hall–Kier alpha value is -1.26. The van der Waals surface area contributed by atoms with E-state index in [1.807, 2.05) is 30.3 Å². The molecule has 2 aliphatic rings. The van der Waals surface area contributed by atoms with Crippen molar-refractivity contribution in [3.63, 3.8) is 0 Å². The lowest BCUT2D eigenvalue weighted by molar-refractivity contribution is 0.137. The number of alkyl carbamates (subject to hydrolysis) is 1. The predicted octanol–water partition coefficient (Wildman–Crippen LogP) is 2.09. The van der Waals surface area contributed by atoms with Crippen molar-refractivity contribution in [2.75, 3.05) is 13.1 Å². The van der Waals surface area contributed by atoms with Gasteiger partial charge < -0.3 is 15.4 Å². The number of amides is 1. The molecule has 3 rings (SSSR count). The maximum Gasteiger partial charge on any atom is 0.407 e. The van der Waals surface area contributed by atoms with Gasteiger partial charge in [0.15, 0.2) is 0 Å². The van der Waals surface area contributed by atoms with Gasteiger partial charge in [-0.25, -0.2) is 4.79 Å². The molecule has 2 unspecified atom stereocenters. The highest BCUT2D eigenvalue weighted by molar-refractivity contribution is 5.85. The lowest BCUT2D eigenvalue weighted by Crippen LogP contribution is -2.31. The van der Waals surface area contributed by atoms with Crippen LogP contribution in [0.5, 0.6) is 0 Å². The molecule has 0 radical (unpaired) electrons. The van der Waals surface area contributed by atoms with Gasteiger partial charge in [0.2, 0.25) is 0 Å². The Labute approximate surface area is 119 Å². The molecule has 1 aromatic rings. The fourth-order valence-electron chi connectivity index (χ4n) is 2.69. The number of benzene rings is 1. The second-order valence-electron chi connectivity index (χ2n) is 5.25. The standard InChI is InChI=1S/C14H18N2O2.ClH/c17-13(18-9-11-4-2-1-3-5-11)16-12-8-14(12)6-7-15-10-14;/h1-5,12,15H,6-10H2,(H,16,17);1H. The van der Waals surface area contributed by atoms with Crippen LogP contribution in [0.15, 0.2) is 30.3 Å². The number of rotatable bonds is 3. The van der Waals surface area contributed by atoms with Crippen LogP contribution < -0.4 is 10.6 Å². The number of hydrogen-bond acceptors (Lipinski definition) is 3. The van der Waals surface area contributed by atoms with E-state index in [0.29, 0.717) is 18.1 Å². The summed E-state index contributed by atoms with van der Waals surface area (Å²) in [6, 6.07) is 10.0. The van der Waals surface area contributed by atoms with Crippen LogP contribution in [-0.4, -0.2) is 25.2 Å². The summed E-state index contributed by atoms with van der Waals surface area (Å²) in [5.41, 5.74) is 1.34. The molecule has 1 heterocycles. The molecule has 1 aromatic carbocycles. The topological polar surface area (TPSA) is 50.4 Å². The highest BCUT2D eigenvalue weighted by Gasteiger charge is 2.56. The summed E-state index contributed by atoms with van der Waals surface area (Å²) in [6.45, 7) is 2.43. The van der Waals surface area contributed by atoms with Crippen LogP contribution in [0.1, 0.15) is 18.4 Å². The Bertz CT molecular complexity index is 432. The molecule has 0 bridgehead atoms. The summed E-state index contributed by atoms with van der Waals surface area (Å²) >= 11 is 0. The Morgan fingerprint density at radius 1 is 1.42 bits per heavy atom. The van der Waals surface area contributed by atoms with Gasteiger partial charge in [-0.1, -0.05) is 30.3 Å². The molecule has 0 aromatic heterocycles. The number of carbonyl (C=O) groups is 1. The van der Waals surface area contributed by atoms with E-state index in [0.717, 1.165) is 31.5 Å². The Balaban J connectivity index is 0.00000133. The van der Waals surface area contributed by atoms with Gasteiger partial charge in [-0.3, -0.25) is 0 Å². The van der Waals surface area contributed by atoms with Crippen molar-refractivity contribution in [3.8, 4) is 0 Å². The van der Waals surface area contributed by atoms with Gasteiger partial charge in [-0.05, 0) is 24.9 Å². The first-order valence-electron chi connectivity index (χ1n) is 6.46. The van der Waals surface area contributed by atoms with E-state index in [2.05, 4.69) is 10.6 Å². The molecule has 2 N–H and O–H groups in total. The summed E-state index contributed by atoms with van der Waals surface area (Å²) in [4.78, 5) is 11.7. The summed E-state index contributed by atoms with van der Waals surface area (Å²) in [7, 11) is 0. The van der Waals surface area contributed by atoms with Crippen LogP contribution in [0.2, 0.25) is 0 Å². The lowest BCUT2D eigenvalue weighted by Gasteiger charge is -2.10. The van der Waals surface area contributed by atoms with E-state index < -0.39 is 0 Å². The molecule has 1 aliphatic carbocycles. The minimum atomic E-state index is -0.298. The highest BCUT2D eigenvalue weighted by atomic mass is 35.5. The maximum absolute atomic E-state index is 11.7. The number of nitrogens with one attached hydrogen (secondary N) is 2. The van der Waals surface area contributed by atoms with Gasteiger partial charge in [0.05, 0.1) is 0 Å². The fourth-order valence-corrected chi connectivity index (χ4v) is 2.69. The van der Waals surface area contributed by atoms with E-state index >= 15 is 0 Å². The number of hydrogen-bond donors (Lipinski definition) is 2. The average Bonchev–Trinajstić information content (AvgIpc) is 2.84. The zero-order chi connectivity index (χ0) is 12.4. The molecular weight excluding hydrogens is 264 g/mol. The van der Waals surface area contributed by atoms with E-state index in [1.54, 1.807) is 0 Å². The maximum atomic E-state index is 11.7. The van der Waals surface area contributed by atoms with Crippen molar-refractivity contribution in [3.05, 3.63) is 35.9 Å². The third kappa shape index (κ3) is 3.19. The zero-order valence-corrected chi connectivity index (χ0v) is 11.5. The van der Waals surface area contributed by atoms with Crippen LogP contribution in [0, 0.1) is 5.41 Å². The Morgan fingerprint density at radius 3 is 2.89 bits per heavy atom. The molecule has 1 spiro atoms. The van der Waals surface area contributed by atoms with Gasteiger partial charge in [0.1, 0.15) is 6.61 Å². The molecule has 5 heteroatoms. The van der Waals surface area contributed by atoms with Gasteiger partial charge in [0.25, 0.3) is 0 Å². The van der Waals surface area contributed by atoms with Gasteiger partial charge in [0, 0.05) is 18.0 Å². The molecule has 4 nitrogen and oxygen atoms in total. The molecule has 1 aliphatic heterocycles. The first kappa shape index (κ1) is 14.2. The minimum absolute atomic E-state index is 0. The van der Waals surface area contributed by atoms with E-state index in [-0.39, 0.29) is 18.5 Å². The number of ether oxygens (including phenoxy) is 1. The largest absolute Gasteiger partial charge is 0.445 e. The Kier molecular flexibility index (Phi) is 4.32. The average molecular weight is 283 g/mol. The van der Waals surface area contributed by atoms with Crippen molar-refractivity contribution in [1.82, 2.24) is 10.6 Å². The summed E-state index contributed by atoms with van der Waals surface area (Å²) in [6.07, 6.45) is 1.95. The summed E-state index contributed by atoms with van der Waals surface area (Å²) in [5, 5.41) is 6.30. The predicted molar refractivity (Wildman–Crippen MR) is 75.3 cm³/mol. The monoisotopic (exact) mass is 282 g/mol. The van der Waals surface area contributed by atoms with Crippen molar-refractivity contribution in [2.45, 2.75) is 25.5 Å². The van der Waals surface area contributed by atoms with Crippen LogP contribution in [-0.2, 0) is 11.3 Å². The van der Waals surface area contributed by atoms with Crippen LogP contribution in [0.25, 0.3) is 0 Å². The molecule has 2 fully saturated rings. The molecule has 1 saturated heterocycles. The molecule has 1 saturated carbocycles. The minimum Gasteiger partial charge on any atom is -0.445 e. The first-order valence-corrected chi connectivity index (χ1v) is 6.46. The summed E-state index contributed by atoms with van der Waals surface area (Å²) in [5.74, 6) is 0. The van der Waals surface area contributed by atoms with Crippen LogP contribution in [0.3, 0.4) is 0 Å². The smallest absolute Gasteiger partial charge is 0.407 e. The molecule has 19 heavy (non-hydrogen) atoms. The first-order chi connectivity index (χ1) is 8.78. The van der Waals surface area contributed by atoms with Crippen LogP contribution in [0.4, 0.5) is 4.79 Å².